The van der Waals surface area contributed by atoms with Crippen molar-refractivity contribution in [3.8, 4) is 0 Å². The van der Waals surface area contributed by atoms with Crippen molar-refractivity contribution in [2.45, 2.75) is 0 Å². The molecule has 0 aromatic rings. The van der Waals surface area contributed by atoms with Gasteiger partial charge in [-0.15, -0.1) is 0 Å². The largest absolute Gasteiger partial charge is 0.464 e. The van der Waals surface area contributed by atoms with Crippen molar-refractivity contribution in [3.63, 3.8) is 0 Å². The predicted octanol–water partition coefficient (Wildman–Crippen LogP) is -0.577. The molecule has 0 amide bonds. The number of carbonyl (C=O) groups excluding carboxylic acids is 4. The molecule has 0 aliphatic heterocycles. The molecule has 144 valence electrons. The molecule has 0 atom stereocenters. The van der Waals surface area contributed by atoms with E-state index in [-0.39, 0.29) is 33.2 Å². The molecule has 0 aliphatic carbocycles. The van der Waals surface area contributed by atoms with Crippen molar-refractivity contribution in [1.29, 1.82) is 0 Å². The number of carbonyl (C=O) groups is 4. The molecule has 0 saturated carbocycles. The van der Waals surface area contributed by atoms with Crippen molar-refractivity contribution in [2.24, 2.45) is 5.41 Å². The highest BCUT2D eigenvalue weighted by atomic mass is 32.2. The number of esters is 2. The minimum absolute atomic E-state index is 0.0150. The van der Waals surface area contributed by atoms with Gasteiger partial charge in [0.25, 0.3) is 0 Å². The lowest BCUT2D eigenvalue weighted by molar-refractivity contribution is -0.155. The molecule has 0 heterocycles. The van der Waals surface area contributed by atoms with Crippen LogP contribution in [0, 0.1) is 5.41 Å². The Labute approximate surface area is 164 Å². The van der Waals surface area contributed by atoms with Crippen LogP contribution in [-0.2, 0) is 28.7 Å². The monoisotopic (exact) mass is 432 g/mol. The third kappa shape index (κ3) is 11.0. The lowest BCUT2D eigenvalue weighted by Crippen LogP contribution is -2.41. The van der Waals surface area contributed by atoms with Gasteiger partial charge in [0, 0.05) is 0 Å². The maximum atomic E-state index is 11.6. The first-order valence-electron chi connectivity index (χ1n) is 6.88. The van der Waals surface area contributed by atoms with Gasteiger partial charge in [0.05, 0.1) is 41.6 Å². The molecule has 0 aromatic heterocycles. The third-order valence-corrected chi connectivity index (χ3v) is 5.40. The Balaban J connectivity index is 4.39. The van der Waals surface area contributed by atoms with E-state index in [1.807, 2.05) is 0 Å². The molecule has 0 fully saturated rings. The molecule has 0 unspecified atom stereocenters. The van der Waals surface area contributed by atoms with E-state index in [0.29, 0.717) is 0 Å². The lowest BCUT2D eigenvalue weighted by Gasteiger charge is -2.28. The molecule has 0 saturated heterocycles. The van der Waals surface area contributed by atoms with Crippen LogP contribution in [0.25, 0.3) is 0 Å². The summed E-state index contributed by atoms with van der Waals surface area (Å²) in [5, 5.41) is 18.3. The fraction of sp³-hybridized carbons (Fsp3) is 0.692. The number of ether oxygens (including phenoxy) is 2. The minimum Gasteiger partial charge on any atom is -0.464 e. The maximum Gasteiger partial charge on any atom is 0.316 e. The number of hydrogen-bond acceptors (Lipinski definition) is 12. The Morgan fingerprint density at radius 3 is 1.44 bits per heavy atom. The zero-order valence-corrected chi connectivity index (χ0v) is 16.6. The quantitative estimate of drug-likeness (QED) is 0.235. The van der Waals surface area contributed by atoms with Gasteiger partial charge >= 0.3 is 11.9 Å². The number of thiol groups is 2. The second kappa shape index (κ2) is 13.8. The Hall–Kier alpha value is -0.400. The van der Waals surface area contributed by atoms with Gasteiger partial charge in [-0.05, 0) is 0 Å². The zero-order chi connectivity index (χ0) is 19.3. The van der Waals surface area contributed by atoms with Crippen LogP contribution in [0.2, 0.25) is 0 Å². The van der Waals surface area contributed by atoms with Crippen molar-refractivity contribution in [2.75, 3.05) is 49.4 Å². The first-order chi connectivity index (χ1) is 11.8. The Kier molecular flexibility index (Phi) is 13.5. The molecular formula is C13H20O8S4. The first-order valence-corrected chi connectivity index (χ1v) is 10.1. The second-order valence-corrected chi connectivity index (χ2v) is 7.47. The molecule has 12 heteroatoms. The lowest BCUT2D eigenvalue weighted by atomic mass is 9.92. The second-order valence-electron chi connectivity index (χ2n) is 4.78. The molecule has 0 aromatic carbocycles. The van der Waals surface area contributed by atoms with Crippen LogP contribution in [0.3, 0.4) is 0 Å². The Bertz CT molecular complexity index is 429. The highest BCUT2D eigenvalue weighted by Gasteiger charge is 2.33. The summed E-state index contributed by atoms with van der Waals surface area (Å²) in [5.74, 6) is -1.92. The van der Waals surface area contributed by atoms with E-state index < -0.39 is 43.8 Å². The summed E-state index contributed by atoms with van der Waals surface area (Å²) in [5.41, 5.74) is -1.37. The normalized spacial score (nSPS) is 11.0. The van der Waals surface area contributed by atoms with E-state index in [4.69, 9.17) is 9.47 Å². The van der Waals surface area contributed by atoms with Crippen LogP contribution in [0.5, 0.6) is 0 Å². The van der Waals surface area contributed by atoms with Gasteiger partial charge in [-0.3, -0.25) is 19.2 Å². The van der Waals surface area contributed by atoms with Crippen molar-refractivity contribution >= 4 is 71.0 Å². The predicted molar refractivity (Wildman–Crippen MR) is 101 cm³/mol. The van der Waals surface area contributed by atoms with Gasteiger partial charge in [-0.1, -0.05) is 23.5 Å². The van der Waals surface area contributed by atoms with Gasteiger partial charge < -0.3 is 19.7 Å². The molecule has 0 spiro atoms. The number of thioether (sulfide) groups is 2. The highest BCUT2D eigenvalue weighted by molar-refractivity contribution is 8.15. The van der Waals surface area contributed by atoms with Crippen molar-refractivity contribution < 1.29 is 38.9 Å². The molecule has 8 nitrogen and oxygen atoms in total. The molecule has 2 N–H and O–H groups in total. The van der Waals surface area contributed by atoms with Crippen LogP contribution in [0.4, 0.5) is 0 Å². The minimum atomic E-state index is -1.37. The van der Waals surface area contributed by atoms with Crippen molar-refractivity contribution in [1.82, 2.24) is 0 Å². The maximum absolute atomic E-state index is 11.6. The van der Waals surface area contributed by atoms with Gasteiger partial charge in [0.1, 0.15) is 13.2 Å². The van der Waals surface area contributed by atoms with Crippen LogP contribution < -0.4 is 0 Å². The van der Waals surface area contributed by atoms with Gasteiger partial charge in [0.15, 0.2) is 10.2 Å². The van der Waals surface area contributed by atoms with E-state index in [9.17, 15) is 29.4 Å². The summed E-state index contributed by atoms with van der Waals surface area (Å²) >= 11 is 9.01. The highest BCUT2D eigenvalue weighted by Crippen LogP contribution is 2.18. The van der Waals surface area contributed by atoms with Crippen LogP contribution >= 0.6 is 48.8 Å². The zero-order valence-electron chi connectivity index (χ0n) is 13.2. The molecule has 25 heavy (non-hydrogen) atoms. The molecule has 0 radical (unpaired) electrons. The smallest absolute Gasteiger partial charge is 0.316 e. The fourth-order valence-corrected chi connectivity index (χ4v) is 2.65. The summed E-state index contributed by atoms with van der Waals surface area (Å²) in [7, 11) is 0. The standard InChI is InChI=1S/C13H20O8S4/c14-5-13(6-15,7-20-9(16)3-24-11(18)1-22)8-21-10(17)4-25-12(19)2-23/h14-15,22-23H,1-8H2. The van der Waals surface area contributed by atoms with Crippen LogP contribution in [-0.4, -0.2) is 81.8 Å². The first kappa shape index (κ1) is 24.6. The van der Waals surface area contributed by atoms with E-state index in [0.717, 1.165) is 23.5 Å². The number of aliphatic hydroxyl groups excluding tert-OH is 2. The average Bonchev–Trinajstić information content (AvgIpc) is 2.64. The summed E-state index contributed by atoms with van der Waals surface area (Å²) < 4.78 is 9.83. The Morgan fingerprint density at radius 1 is 0.800 bits per heavy atom. The molecule has 0 bridgehead atoms. The Morgan fingerprint density at radius 2 is 1.16 bits per heavy atom. The van der Waals surface area contributed by atoms with Crippen LogP contribution in [0.15, 0.2) is 0 Å². The van der Waals surface area contributed by atoms with Crippen molar-refractivity contribution in [3.05, 3.63) is 0 Å². The average molecular weight is 433 g/mol. The third-order valence-electron chi connectivity index (χ3n) is 2.71. The summed E-state index contributed by atoms with van der Waals surface area (Å²) in [4.78, 5) is 45.2. The SMILES string of the molecule is O=C(CSC(=O)CS)OCC(CO)(CO)COC(=O)CSC(=O)CS. The summed E-state index contributed by atoms with van der Waals surface area (Å²) in [6.45, 7) is -2.00. The molecular weight excluding hydrogens is 412 g/mol. The van der Waals surface area contributed by atoms with Gasteiger partial charge in [-0.25, -0.2) is 0 Å². The van der Waals surface area contributed by atoms with E-state index in [1.165, 1.54) is 0 Å². The van der Waals surface area contributed by atoms with Crippen LogP contribution in [0.1, 0.15) is 0 Å². The summed E-state index contributed by atoms with van der Waals surface area (Å²) in [6, 6.07) is 0. The van der Waals surface area contributed by atoms with E-state index in [2.05, 4.69) is 25.3 Å². The van der Waals surface area contributed by atoms with E-state index in [1.54, 1.807) is 0 Å². The fourth-order valence-electron chi connectivity index (χ4n) is 1.19. The topological polar surface area (TPSA) is 127 Å². The molecule has 0 rings (SSSR count). The van der Waals surface area contributed by atoms with E-state index >= 15 is 0 Å². The van der Waals surface area contributed by atoms with Gasteiger partial charge in [-0.2, -0.15) is 25.3 Å². The van der Waals surface area contributed by atoms with Gasteiger partial charge in [0.2, 0.25) is 0 Å². The number of rotatable bonds is 12. The summed E-state index contributed by atoms with van der Waals surface area (Å²) in [6.07, 6.45) is 0. The molecule has 0 aliphatic rings. The number of aliphatic hydroxyl groups is 2. The number of hydrogen-bond donors (Lipinski definition) is 4.